The summed E-state index contributed by atoms with van der Waals surface area (Å²) in [5.41, 5.74) is 2.41. The predicted octanol–water partition coefficient (Wildman–Crippen LogP) is 3.23. The number of halogens is 1. The minimum Gasteiger partial charge on any atom is -0.321 e. The molecule has 1 aromatic carbocycles. The molecule has 0 unspecified atom stereocenters. The first-order valence-electron chi connectivity index (χ1n) is 5.16. The minimum atomic E-state index is -0.124. The summed E-state index contributed by atoms with van der Waals surface area (Å²) in [4.78, 5) is 15.9. The van der Waals surface area contributed by atoms with Crippen LogP contribution in [-0.4, -0.2) is 10.9 Å². The molecule has 4 heteroatoms. The summed E-state index contributed by atoms with van der Waals surface area (Å²) in [6.07, 6.45) is 3.29. The first kappa shape index (κ1) is 11.8. The molecule has 0 aliphatic heterocycles. The fourth-order valence-electron chi connectivity index (χ4n) is 1.44. The van der Waals surface area contributed by atoms with Crippen LogP contribution in [0, 0.1) is 0 Å². The maximum absolute atomic E-state index is 11.9. The van der Waals surface area contributed by atoms with Crippen molar-refractivity contribution in [2.24, 2.45) is 0 Å². The molecule has 2 rings (SSSR count). The fourth-order valence-corrected chi connectivity index (χ4v) is 1.78. The topological polar surface area (TPSA) is 42.0 Å². The lowest BCUT2D eigenvalue weighted by Crippen LogP contribution is -2.12. The van der Waals surface area contributed by atoms with E-state index in [4.69, 9.17) is 0 Å². The average molecular weight is 291 g/mol. The van der Waals surface area contributed by atoms with Gasteiger partial charge in [0.15, 0.2) is 0 Å². The summed E-state index contributed by atoms with van der Waals surface area (Å²) in [5.74, 6) is -0.124. The number of carbonyl (C=O) groups excluding carboxylic acids is 1. The number of anilines is 1. The Bertz CT molecular complexity index is 514. The van der Waals surface area contributed by atoms with Gasteiger partial charge in [-0.3, -0.25) is 9.78 Å². The van der Waals surface area contributed by atoms with Crippen LogP contribution < -0.4 is 5.32 Å². The van der Waals surface area contributed by atoms with Crippen LogP contribution in [0.15, 0.2) is 48.8 Å². The van der Waals surface area contributed by atoms with Crippen molar-refractivity contribution in [3.8, 4) is 0 Å². The Hall–Kier alpha value is -1.68. The third-order valence-electron chi connectivity index (χ3n) is 2.26. The van der Waals surface area contributed by atoms with E-state index in [0.29, 0.717) is 11.3 Å². The number of alkyl halides is 1. The molecule has 0 saturated heterocycles. The van der Waals surface area contributed by atoms with E-state index >= 15 is 0 Å². The van der Waals surface area contributed by atoms with Crippen molar-refractivity contribution < 1.29 is 4.79 Å². The number of hydrogen-bond acceptors (Lipinski definition) is 2. The Balaban J connectivity index is 2.14. The molecule has 0 aliphatic rings. The summed E-state index contributed by atoms with van der Waals surface area (Å²) in [7, 11) is 0. The minimum absolute atomic E-state index is 0.124. The van der Waals surface area contributed by atoms with E-state index in [1.807, 2.05) is 18.2 Å². The van der Waals surface area contributed by atoms with E-state index in [9.17, 15) is 4.79 Å². The van der Waals surface area contributed by atoms with E-state index in [-0.39, 0.29) is 5.91 Å². The first-order chi connectivity index (χ1) is 8.29. The van der Waals surface area contributed by atoms with Crippen molar-refractivity contribution in [2.45, 2.75) is 5.33 Å². The first-order valence-corrected chi connectivity index (χ1v) is 6.28. The number of pyridine rings is 1. The molecular weight excluding hydrogens is 280 g/mol. The van der Waals surface area contributed by atoms with E-state index in [2.05, 4.69) is 26.2 Å². The largest absolute Gasteiger partial charge is 0.321 e. The summed E-state index contributed by atoms with van der Waals surface area (Å²) < 4.78 is 0. The molecule has 86 valence electrons. The number of aromatic nitrogens is 1. The number of nitrogens with one attached hydrogen (secondary N) is 1. The zero-order chi connectivity index (χ0) is 12.1. The number of rotatable bonds is 3. The van der Waals surface area contributed by atoms with Crippen LogP contribution in [0.1, 0.15) is 15.9 Å². The van der Waals surface area contributed by atoms with Gasteiger partial charge in [0.25, 0.3) is 5.91 Å². The van der Waals surface area contributed by atoms with Gasteiger partial charge in [0, 0.05) is 17.1 Å². The number of carbonyl (C=O) groups is 1. The summed E-state index contributed by atoms with van der Waals surface area (Å²) >= 11 is 3.37. The molecule has 1 amide bonds. The highest BCUT2D eigenvalue weighted by Gasteiger charge is 2.06. The molecule has 0 spiro atoms. The molecule has 0 bridgehead atoms. The smallest absolute Gasteiger partial charge is 0.255 e. The van der Waals surface area contributed by atoms with Crippen molar-refractivity contribution in [2.75, 3.05) is 5.32 Å². The van der Waals surface area contributed by atoms with E-state index in [0.717, 1.165) is 10.9 Å². The maximum atomic E-state index is 11.9. The van der Waals surface area contributed by atoms with Gasteiger partial charge >= 0.3 is 0 Å². The molecule has 0 radical (unpaired) electrons. The molecule has 0 fully saturated rings. The van der Waals surface area contributed by atoms with Crippen LogP contribution >= 0.6 is 15.9 Å². The molecule has 17 heavy (non-hydrogen) atoms. The van der Waals surface area contributed by atoms with Crippen LogP contribution in [0.3, 0.4) is 0 Å². The van der Waals surface area contributed by atoms with Crippen molar-refractivity contribution in [1.82, 2.24) is 4.98 Å². The van der Waals surface area contributed by atoms with Crippen LogP contribution in [0.4, 0.5) is 5.69 Å². The summed E-state index contributed by atoms with van der Waals surface area (Å²) in [6, 6.07) is 11.1. The van der Waals surface area contributed by atoms with Crippen molar-refractivity contribution in [3.63, 3.8) is 0 Å². The SMILES string of the molecule is O=C(Nc1cccnc1)c1cccc(CBr)c1. The predicted molar refractivity (Wildman–Crippen MR) is 71.3 cm³/mol. The number of benzene rings is 1. The average Bonchev–Trinajstić information content (AvgIpc) is 2.40. The Morgan fingerprint density at radius 3 is 2.88 bits per heavy atom. The zero-order valence-electron chi connectivity index (χ0n) is 9.06. The third-order valence-corrected chi connectivity index (χ3v) is 2.91. The Morgan fingerprint density at radius 2 is 2.18 bits per heavy atom. The zero-order valence-corrected chi connectivity index (χ0v) is 10.6. The summed E-state index contributed by atoms with van der Waals surface area (Å²) in [6.45, 7) is 0. The number of hydrogen-bond donors (Lipinski definition) is 1. The van der Waals surface area contributed by atoms with Gasteiger partial charge < -0.3 is 5.32 Å². The van der Waals surface area contributed by atoms with Gasteiger partial charge in [-0.2, -0.15) is 0 Å². The molecular formula is C13H11BrN2O. The fraction of sp³-hybridized carbons (Fsp3) is 0.0769. The van der Waals surface area contributed by atoms with E-state index in [1.54, 1.807) is 30.6 Å². The van der Waals surface area contributed by atoms with Gasteiger partial charge in [-0.25, -0.2) is 0 Å². The standard InChI is InChI=1S/C13H11BrN2O/c14-8-10-3-1-4-11(7-10)13(17)16-12-5-2-6-15-9-12/h1-7,9H,8H2,(H,16,17). The van der Waals surface area contributed by atoms with Crippen LogP contribution in [0.25, 0.3) is 0 Å². The van der Waals surface area contributed by atoms with Crippen LogP contribution in [0.5, 0.6) is 0 Å². The quantitative estimate of drug-likeness (QED) is 0.882. The summed E-state index contributed by atoms with van der Waals surface area (Å²) in [5, 5.41) is 3.53. The third kappa shape index (κ3) is 3.14. The lowest BCUT2D eigenvalue weighted by atomic mass is 10.1. The van der Waals surface area contributed by atoms with Crippen LogP contribution in [-0.2, 0) is 5.33 Å². The normalized spacial score (nSPS) is 9.94. The van der Waals surface area contributed by atoms with Gasteiger partial charge in [0.1, 0.15) is 0 Å². The van der Waals surface area contributed by atoms with Gasteiger partial charge in [-0.1, -0.05) is 28.1 Å². The molecule has 1 heterocycles. The molecule has 0 atom stereocenters. The van der Waals surface area contributed by atoms with Gasteiger partial charge in [-0.15, -0.1) is 0 Å². The lowest BCUT2D eigenvalue weighted by molar-refractivity contribution is 0.102. The highest BCUT2D eigenvalue weighted by Crippen LogP contribution is 2.11. The molecule has 0 saturated carbocycles. The van der Waals surface area contributed by atoms with E-state index in [1.165, 1.54) is 0 Å². The van der Waals surface area contributed by atoms with Crippen molar-refractivity contribution in [3.05, 3.63) is 59.9 Å². The van der Waals surface area contributed by atoms with Gasteiger partial charge in [-0.05, 0) is 29.8 Å². The second-order valence-electron chi connectivity index (χ2n) is 3.53. The Morgan fingerprint density at radius 1 is 1.29 bits per heavy atom. The second-order valence-corrected chi connectivity index (χ2v) is 4.09. The van der Waals surface area contributed by atoms with Gasteiger partial charge in [0.05, 0.1) is 11.9 Å². The number of amides is 1. The molecule has 3 nitrogen and oxygen atoms in total. The second kappa shape index (κ2) is 5.59. The maximum Gasteiger partial charge on any atom is 0.255 e. The highest BCUT2D eigenvalue weighted by molar-refractivity contribution is 9.08. The molecule has 1 aromatic heterocycles. The molecule has 0 aliphatic carbocycles. The lowest BCUT2D eigenvalue weighted by Gasteiger charge is -2.05. The van der Waals surface area contributed by atoms with Crippen molar-refractivity contribution >= 4 is 27.5 Å². The highest BCUT2D eigenvalue weighted by atomic mass is 79.9. The number of nitrogens with zero attached hydrogens (tertiary/aromatic N) is 1. The van der Waals surface area contributed by atoms with Crippen LogP contribution in [0.2, 0.25) is 0 Å². The van der Waals surface area contributed by atoms with Crippen molar-refractivity contribution in [1.29, 1.82) is 0 Å². The van der Waals surface area contributed by atoms with E-state index < -0.39 is 0 Å². The Kier molecular flexibility index (Phi) is 3.88. The Labute approximate surface area is 108 Å². The van der Waals surface area contributed by atoms with Gasteiger partial charge in [0.2, 0.25) is 0 Å². The molecule has 2 aromatic rings. The monoisotopic (exact) mass is 290 g/mol. The molecule has 1 N–H and O–H groups in total.